The van der Waals surface area contributed by atoms with Gasteiger partial charge in [-0.3, -0.25) is 4.79 Å². The van der Waals surface area contributed by atoms with Crippen LogP contribution in [0, 0.1) is 0 Å². The summed E-state index contributed by atoms with van der Waals surface area (Å²) >= 11 is 0. The molecule has 1 aromatic carbocycles. The van der Waals surface area contributed by atoms with Crippen molar-refractivity contribution in [1.82, 2.24) is 0 Å². The molecule has 0 bridgehead atoms. The first-order chi connectivity index (χ1) is 8.96. The molecule has 0 radical (unpaired) electrons. The molecule has 1 fully saturated rings. The summed E-state index contributed by atoms with van der Waals surface area (Å²) in [4.78, 5) is 13.4. The number of piperidine rings is 1. The summed E-state index contributed by atoms with van der Waals surface area (Å²) < 4.78 is 34.5. The Bertz CT molecular complexity index is 536. The van der Waals surface area contributed by atoms with E-state index in [2.05, 4.69) is 9.47 Å². The maximum absolute atomic E-state index is 12.9. The molecular weight excluding hydrogens is 258 g/mol. The highest BCUT2D eigenvalue weighted by atomic mass is 19.3. The van der Waals surface area contributed by atoms with Crippen molar-refractivity contribution in [2.45, 2.75) is 25.2 Å². The SMILES string of the molecule is NC1CCCN(c2ccc3c(c2)OC(F)(F)O3)C1=O. The van der Waals surface area contributed by atoms with Crippen LogP contribution in [0.15, 0.2) is 18.2 Å². The number of nitrogens with two attached hydrogens (primary N) is 1. The second kappa shape index (κ2) is 4.06. The van der Waals surface area contributed by atoms with Crippen LogP contribution in [0.3, 0.4) is 0 Å². The summed E-state index contributed by atoms with van der Waals surface area (Å²) in [5.41, 5.74) is 6.18. The second-order valence-corrected chi connectivity index (χ2v) is 4.54. The van der Waals surface area contributed by atoms with Gasteiger partial charge >= 0.3 is 6.29 Å². The maximum Gasteiger partial charge on any atom is 0.586 e. The number of amides is 1. The molecule has 2 heterocycles. The van der Waals surface area contributed by atoms with Gasteiger partial charge in [0.25, 0.3) is 0 Å². The van der Waals surface area contributed by atoms with Crippen LogP contribution in [-0.4, -0.2) is 24.8 Å². The van der Waals surface area contributed by atoms with Gasteiger partial charge in [0.2, 0.25) is 5.91 Å². The normalized spacial score (nSPS) is 24.7. The van der Waals surface area contributed by atoms with E-state index in [-0.39, 0.29) is 17.4 Å². The molecule has 0 aliphatic carbocycles. The average molecular weight is 270 g/mol. The molecule has 1 atom stereocenters. The Hall–Kier alpha value is -1.89. The third-order valence-electron chi connectivity index (χ3n) is 3.18. The van der Waals surface area contributed by atoms with Gasteiger partial charge in [0.15, 0.2) is 11.5 Å². The van der Waals surface area contributed by atoms with Crippen LogP contribution in [0.5, 0.6) is 11.5 Å². The molecule has 1 amide bonds. The largest absolute Gasteiger partial charge is 0.586 e. The number of hydrogen-bond acceptors (Lipinski definition) is 4. The van der Waals surface area contributed by atoms with E-state index in [1.807, 2.05) is 0 Å². The van der Waals surface area contributed by atoms with Crippen molar-refractivity contribution in [2.75, 3.05) is 11.4 Å². The minimum Gasteiger partial charge on any atom is -0.395 e. The molecule has 1 aromatic rings. The number of ether oxygens (including phenoxy) is 2. The number of fused-ring (bicyclic) bond motifs is 1. The predicted molar refractivity (Wildman–Crippen MR) is 62.2 cm³/mol. The molecule has 1 saturated heterocycles. The smallest absolute Gasteiger partial charge is 0.395 e. The quantitative estimate of drug-likeness (QED) is 0.839. The Morgan fingerprint density at radius 1 is 1.32 bits per heavy atom. The number of carbonyl (C=O) groups excluding carboxylic acids is 1. The van der Waals surface area contributed by atoms with Crippen molar-refractivity contribution in [3.63, 3.8) is 0 Å². The summed E-state index contributed by atoms with van der Waals surface area (Å²) in [6.45, 7) is 0.516. The lowest BCUT2D eigenvalue weighted by atomic mass is 10.0. The Kier molecular flexibility index (Phi) is 2.60. The van der Waals surface area contributed by atoms with Gasteiger partial charge < -0.3 is 20.1 Å². The van der Waals surface area contributed by atoms with E-state index in [1.165, 1.54) is 17.0 Å². The Morgan fingerprint density at radius 3 is 2.84 bits per heavy atom. The van der Waals surface area contributed by atoms with Crippen molar-refractivity contribution in [2.24, 2.45) is 5.73 Å². The van der Waals surface area contributed by atoms with Gasteiger partial charge in [-0.05, 0) is 25.0 Å². The van der Waals surface area contributed by atoms with Gasteiger partial charge in [-0.2, -0.15) is 0 Å². The molecule has 7 heteroatoms. The summed E-state index contributed by atoms with van der Waals surface area (Å²) in [6.07, 6.45) is -2.24. The number of nitrogens with zero attached hydrogens (tertiary/aromatic N) is 1. The van der Waals surface area contributed by atoms with E-state index >= 15 is 0 Å². The van der Waals surface area contributed by atoms with E-state index < -0.39 is 12.3 Å². The summed E-state index contributed by atoms with van der Waals surface area (Å²) in [5, 5.41) is 0. The maximum atomic E-state index is 12.9. The van der Waals surface area contributed by atoms with Crippen molar-refractivity contribution < 1.29 is 23.0 Å². The number of carbonyl (C=O) groups is 1. The fourth-order valence-electron chi connectivity index (χ4n) is 2.27. The van der Waals surface area contributed by atoms with Crippen LogP contribution < -0.4 is 20.1 Å². The third-order valence-corrected chi connectivity index (χ3v) is 3.18. The minimum absolute atomic E-state index is 0.0393. The average Bonchev–Trinajstić information content (AvgIpc) is 2.65. The predicted octanol–water partition coefficient (Wildman–Crippen LogP) is 1.46. The number of anilines is 1. The van der Waals surface area contributed by atoms with Gasteiger partial charge in [-0.15, -0.1) is 8.78 Å². The number of rotatable bonds is 1. The number of halogens is 2. The molecule has 19 heavy (non-hydrogen) atoms. The van der Waals surface area contributed by atoms with Crippen molar-refractivity contribution in [3.8, 4) is 11.5 Å². The zero-order valence-electron chi connectivity index (χ0n) is 9.94. The van der Waals surface area contributed by atoms with E-state index in [9.17, 15) is 13.6 Å². The van der Waals surface area contributed by atoms with Crippen LogP contribution in [0.2, 0.25) is 0 Å². The topological polar surface area (TPSA) is 64.8 Å². The summed E-state index contributed by atoms with van der Waals surface area (Å²) in [7, 11) is 0. The van der Waals surface area contributed by atoms with E-state index in [4.69, 9.17) is 5.73 Å². The Balaban J connectivity index is 1.90. The highest BCUT2D eigenvalue weighted by molar-refractivity contribution is 5.98. The van der Waals surface area contributed by atoms with Gasteiger partial charge in [0, 0.05) is 18.3 Å². The molecule has 3 rings (SSSR count). The molecule has 0 aromatic heterocycles. The standard InChI is InChI=1S/C12H12F2N2O3/c13-12(14)18-9-4-3-7(6-10(9)19-12)16-5-1-2-8(15)11(16)17/h3-4,6,8H,1-2,5,15H2. The zero-order valence-corrected chi connectivity index (χ0v) is 9.94. The first kappa shape index (κ1) is 12.2. The number of hydrogen-bond donors (Lipinski definition) is 1. The highest BCUT2D eigenvalue weighted by Gasteiger charge is 2.43. The molecule has 0 saturated carbocycles. The number of benzene rings is 1. The van der Waals surface area contributed by atoms with Crippen molar-refractivity contribution in [1.29, 1.82) is 0 Å². The zero-order chi connectivity index (χ0) is 13.6. The van der Waals surface area contributed by atoms with E-state index in [1.54, 1.807) is 6.07 Å². The van der Waals surface area contributed by atoms with Gasteiger partial charge in [0.05, 0.1) is 6.04 Å². The first-order valence-corrected chi connectivity index (χ1v) is 5.93. The first-order valence-electron chi connectivity index (χ1n) is 5.93. The van der Waals surface area contributed by atoms with Crippen LogP contribution in [0.4, 0.5) is 14.5 Å². The van der Waals surface area contributed by atoms with Crippen LogP contribution >= 0.6 is 0 Å². The van der Waals surface area contributed by atoms with E-state index in [0.717, 1.165) is 6.42 Å². The lowest BCUT2D eigenvalue weighted by molar-refractivity contribution is -0.286. The molecule has 0 spiro atoms. The van der Waals surface area contributed by atoms with Crippen LogP contribution in [0.25, 0.3) is 0 Å². The second-order valence-electron chi connectivity index (χ2n) is 4.54. The van der Waals surface area contributed by atoms with Crippen molar-refractivity contribution >= 4 is 11.6 Å². The highest BCUT2D eigenvalue weighted by Crippen LogP contribution is 2.43. The molecule has 5 nitrogen and oxygen atoms in total. The molecule has 2 N–H and O–H groups in total. The fourth-order valence-corrected chi connectivity index (χ4v) is 2.27. The molecular formula is C12H12F2N2O3. The third kappa shape index (κ3) is 2.10. The van der Waals surface area contributed by atoms with Crippen LogP contribution in [-0.2, 0) is 4.79 Å². The minimum atomic E-state index is -3.65. The number of alkyl halides is 2. The molecule has 2 aliphatic heterocycles. The van der Waals surface area contributed by atoms with Gasteiger partial charge in [-0.25, -0.2) is 0 Å². The summed E-state index contributed by atoms with van der Waals surface area (Å²) in [5.74, 6) is -0.325. The lowest BCUT2D eigenvalue weighted by Crippen LogP contribution is -2.48. The monoisotopic (exact) mass is 270 g/mol. The fraction of sp³-hybridized carbons (Fsp3) is 0.417. The Morgan fingerprint density at radius 2 is 2.05 bits per heavy atom. The lowest BCUT2D eigenvalue weighted by Gasteiger charge is -2.30. The Labute approximate surface area is 107 Å². The summed E-state index contributed by atoms with van der Waals surface area (Å²) in [6, 6.07) is 3.73. The van der Waals surface area contributed by atoms with Crippen molar-refractivity contribution in [3.05, 3.63) is 18.2 Å². The van der Waals surface area contributed by atoms with Gasteiger partial charge in [-0.1, -0.05) is 0 Å². The molecule has 1 unspecified atom stereocenters. The van der Waals surface area contributed by atoms with Gasteiger partial charge in [0.1, 0.15) is 0 Å². The molecule has 102 valence electrons. The van der Waals surface area contributed by atoms with Crippen LogP contribution in [0.1, 0.15) is 12.8 Å². The van der Waals surface area contributed by atoms with E-state index in [0.29, 0.717) is 18.7 Å². The molecule has 2 aliphatic rings.